The van der Waals surface area contributed by atoms with Crippen LogP contribution in [0.1, 0.15) is 29.3 Å². The molecular weight excluding hydrogens is 527 g/mol. The predicted molar refractivity (Wildman–Crippen MR) is 138 cm³/mol. The Hall–Kier alpha value is -1.72. The number of thiophene rings is 1. The minimum Gasteiger partial charge on any atom is -0.493 e. The zero-order valence-electron chi connectivity index (χ0n) is 18.6. The molecule has 1 unspecified atom stereocenters. The van der Waals surface area contributed by atoms with Gasteiger partial charge in [-0.3, -0.25) is 9.89 Å². The average Bonchev–Trinajstić information content (AvgIpc) is 3.50. The Morgan fingerprint density at radius 2 is 1.77 bits per heavy atom. The van der Waals surface area contributed by atoms with Crippen molar-refractivity contribution in [3.63, 3.8) is 0 Å². The number of ether oxygens (including phenoxy) is 3. The molecule has 31 heavy (non-hydrogen) atoms. The molecule has 3 rings (SSSR count). The van der Waals surface area contributed by atoms with E-state index in [2.05, 4.69) is 38.0 Å². The molecule has 1 aromatic carbocycles. The topological polar surface area (TPSA) is 67.4 Å². The Kier molecular flexibility index (Phi) is 10.7. The van der Waals surface area contributed by atoms with Crippen molar-refractivity contribution in [1.29, 1.82) is 0 Å². The number of halogens is 1. The number of nitrogens with one attached hydrogen (secondary N) is 2. The van der Waals surface area contributed by atoms with E-state index >= 15 is 0 Å². The van der Waals surface area contributed by atoms with Crippen molar-refractivity contribution in [2.24, 2.45) is 4.99 Å². The second-order valence-electron chi connectivity index (χ2n) is 7.11. The average molecular weight is 561 g/mol. The summed E-state index contributed by atoms with van der Waals surface area (Å²) in [6.45, 7) is 3.71. The van der Waals surface area contributed by atoms with Crippen molar-refractivity contribution in [2.45, 2.75) is 25.4 Å². The summed E-state index contributed by atoms with van der Waals surface area (Å²) in [6, 6.07) is 8.61. The smallest absolute Gasteiger partial charge is 0.203 e. The molecule has 1 aliphatic rings. The number of guanidine groups is 1. The molecular formula is C22H33IN4O3S. The first-order valence-electron chi connectivity index (χ1n) is 10.2. The predicted octanol–water partition coefficient (Wildman–Crippen LogP) is 3.89. The highest BCUT2D eigenvalue weighted by Crippen LogP contribution is 2.38. The van der Waals surface area contributed by atoms with Crippen LogP contribution in [-0.4, -0.2) is 58.9 Å². The summed E-state index contributed by atoms with van der Waals surface area (Å²) in [7, 11) is 6.64. The second-order valence-corrected chi connectivity index (χ2v) is 8.09. The monoisotopic (exact) mass is 560 g/mol. The second kappa shape index (κ2) is 13.0. The Morgan fingerprint density at radius 1 is 1.10 bits per heavy atom. The molecule has 0 aliphatic carbocycles. The first-order chi connectivity index (χ1) is 14.7. The van der Waals surface area contributed by atoms with Crippen LogP contribution in [0.2, 0.25) is 0 Å². The van der Waals surface area contributed by atoms with Gasteiger partial charge in [0.1, 0.15) is 0 Å². The van der Waals surface area contributed by atoms with Crippen molar-refractivity contribution >= 4 is 41.3 Å². The maximum Gasteiger partial charge on any atom is 0.203 e. The minimum atomic E-state index is 0. The third kappa shape index (κ3) is 6.63. The van der Waals surface area contributed by atoms with Gasteiger partial charge in [-0.1, -0.05) is 6.07 Å². The third-order valence-corrected chi connectivity index (χ3v) is 6.30. The van der Waals surface area contributed by atoms with Gasteiger partial charge >= 0.3 is 0 Å². The van der Waals surface area contributed by atoms with Crippen LogP contribution in [0.25, 0.3) is 0 Å². The summed E-state index contributed by atoms with van der Waals surface area (Å²) in [5.41, 5.74) is 1.02. The van der Waals surface area contributed by atoms with E-state index in [1.54, 1.807) is 28.4 Å². The summed E-state index contributed by atoms with van der Waals surface area (Å²) in [6.07, 6.45) is 2.55. The van der Waals surface area contributed by atoms with E-state index in [4.69, 9.17) is 14.2 Å². The highest BCUT2D eigenvalue weighted by atomic mass is 127. The minimum absolute atomic E-state index is 0. The Labute approximate surface area is 206 Å². The molecule has 9 heteroatoms. The molecule has 1 aromatic heterocycles. The Balaban J connectivity index is 0.00000341. The zero-order valence-corrected chi connectivity index (χ0v) is 21.8. The number of hydrogen-bond acceptors (Lipinski definition) is 6. The van der Waals surface area contributed by atoms with Crippen molar-refractivity contribution in [3.8, 4) is 17.2 Å². The van der Waals surface area contributed by atoms with E-state index < -0.39 is 0 Å². The van der Waals surface area contributed by atoms with E-state index in [9.17, 15) is 0 Å². The third-order valence-electron chi connectivity index (χ3n) is 5.32. The Morgan fingerprint density at radius 3 is 2.29 bits per heavy atom. The lowest BCUT2D eigenvalue weighted by atomic mass is 10.1. The lowest BCUT2D eigenvalue weighted by molar-refractivity contribution is 0.249. The van der Waals surface area contributed by atoms with Crippen LogP contribution >= 0.6 is 35.3 Å². The summed E-state index contributed by atoms with van der Waals surface area (Å²) in [4.78, 5) is 8.35. The molecule has 1 fully saturated rings. The van der Waals surface area contributed by atoms with Gasteiger partial charge in [-0.05, 0) is 55.1 Å². The molecule has 2 heterocycles. The van der Waals surface area contributed by atoms with Crippen LogP contribution in [0.5, 0.6) is 17.2 Å². The number of aliphatic imine (C=N–C) groups is 1. The number of nitrogens with zero attached hydrogens (tertiary/aromatic N) is 2. The largest absolute Gasteiger partial charge is 0.493 e. The number of methoxy groups -OCH3 is 3. The summed E-state index contributed by atoms with van der Waals surface area (Å²) in [5, 5.41) is 9.04. The summed E-state index contributed by atoms with van der Waals surface area (Å²) >= 11 is 1.82. The van der Waals surface area contributed by atoms with E-state index in [1.165, 1.54) is 17.7 Å². The fourth-order valence-corrected chi connectivity index (χ4v) is 4.64. The van der Waals surface area contributed by atoms with Crippen LogP contribution in [0.4, 0.5) is 0 Å². The van der Waals surface area contributed by atoms with Crippen LogP contribution < -0.4 is 24.8 Å². The summed E-state index contributed by atoms with van der Waals surface area (Å²) < 4.78 is 16.3. The highest BCUT2D eigenvalue weighted by Gasteiger charge is 2.24. The van der Waals surface area contributed by atoms with Gasteiger partial charge in [-0.25, -0.2) is 0 Å². The molecule has 0 amide bonds. The molecule has 2 N–H and O–H groups in total. The maximum absolute atomic E-state index is 5.45. The fourth-order valence-electron chi connectivity index (χ4n) is 3.78. The van der Waals surface area contributed by atoms with E-state index in [0.29, 0.717) is 29.8 Å². The first-order valence-corrected chi connectivity index (χ1v) is 11.1. The van der Waals surface area contributed by atoms with Gasteiger partial charge in [-0.15, -0.1) is 35.3 Å². The van der Waals surface area contributed by atoms with Crippen molar-refractivity contribution < 1.29 is 14.2 Å². The Bertz CT molecular complexity index is 801. The van der Waals surface area contributed by atoms with Crippen LogP contribution in [0, 0.1) is 0 Å². The van der Waals surface area contributed by atoms with Gasteiger partial charge in [0.05, 0.1) is 27.4 Å². The number of likely N-dealkylation sites (tertiary alicyclic amines) is 1. The normalized spacial score (nSPS) is 15.2. The van der Waals surface area contributed by atoms with Gasteiger partial charge in [0.15, 0.2) is 17.5 Å². The lowest BCUT2D eigenvalue weighted by Crippen LogP contribution is -2.42. The van der Waals surface area contributed by atoms with E-state index in [-0.39, 0.29) is 24.0 Å². The van der Waals surface area contributed by atoms with E-state index in [1.807, 2.05) is 23.5 Å². The molecule has 172 valence electrons. The van der Waals surface area contributed by atoms with Crippen LogP contribution in [0.3, 0.4) is 0 Å². The van der Waals surface area contributed by atoms with Crippen molar-refractivity contribution in [1.82, 2.24) is 15.5 Å². The zero-order chi connectivity index (χ0) is 21.3. The molecule has 2 aromatic rings. The van der Waals surface area contributed by atoms with Gasteiger partial charge < -0.3 is 24.8 Å². The van der Waals surface area contributed by atoms with Crippen molar-refractivity contribution in [2.75, 3.05) is 48.0 Å². The SMILES string of the molecule is CN=C(NCc1cc(OC)c(OC)c(OC)c1)NCC(c1cccs1)N1CCCC1.I. The fraction of sp³-hybridized carbons (Fsp3) is 0.500. The summed E-state index contributed by atoms with van der Waals surface area (Å²) in [5.74, 6) is 2.65. The first kappa shape index (κ1) is 25.5. The molecule has 7 nitrogen and oxygen atoms in total. The highest BCUT2D eigenvalue weighted by molar-refractivity contribution is 14.0. The van der Waals surface area contributed by atoms with Gasteiger partial charge in [0.25, 0.3) is 0 Å². The number of rotatable bonds is 9. The van der Waals surface area contributed by atoms with Crippen molar-refractivity contribution in [3.05, 3.63) is 40.1 Å². The van der Waals surface area contributed by atoms with Crippen LogP contribution in [-0.2, 0) is 6.54 Å². The molecule has 0 radical (unpaired) electrons. The molecule has 0 spiro atoms. The molecule has 0 saturated carbocycles. The molecule has 1 saturated heterocycles. The van der Waals surface area contributed by atoms with Gasteiger partial charge in [0, 0.05) is 25.0 Å². The quantitative estimate of drug-likeness (QED) is 0.276. The number of hydrogen-bond donors (Lipinski definition) is 2. The van der Waals surface area contributed by atoms with Crippen LogP contribution in [0.15, 0.2) is 34.6 Å². The maximum atomic E-state index is 5.45. The van der Waals surface area contributed by atoms with Gasteiger partial charge in [-0.2, -0.15) is 0 Å². The number of benzene rings is 1. The lowest BCUT2D eigenvalue weighted by Gasteiger charge is -2.27. The molecule has 0 bridgehead atoms. The standard InChI is InChI=1S/C22H32N4O3S.HI/c1-23-22(24-14-16-12-18(27-2)21(29-4)19(13-16)28-3)25-15-17(20-8-7-11-30-20)26-9-5-6-10-26;/h7-8,11-13,17H,5-6,9-10,14-15H2,1-4H3,(H2,23,24,25);1H. The van der Waals surface area contributed by atoms with Gasteiger partial charge in [0.2, 0.25) is 5.75 Å². The van der Waals surface area contributed by atoms with E-state index in [0.717, 1.165) is 31.2 Å². The molecule has 1 atom stereocenters. The molecule has 1 aliphatic heterocycles.